The first-order valence-corrected chi connectivity index (χ1v) is 7.35. The van der Waals surface area contributed by atoms with E-state index in [-0.39, 0.29) is 11.6 Å². The van der Waals surface area contributed by atoms with Gasteiger partial charge < -0.3 is 10.1 Å². The molecular formula is C18H22FNO. The Morgan fingerprint density at radius 2 is 1.90 bits per heavy atom. The Bertz CT molecular complexity index is 610. The quantitative estimate of drug-likeness (QED) is 0.775. The minimum Gasteiger partial charge on any atom is -0.454 e. The van der Waals surface area contributed by atoms with E-state index in [1.165, 1.54) is 6.07 Å². The van der Waals surface area contributed by atoms with E-state index in [2.05, 4.69) is 12.2 Å². The van der Waals surface area contributed by atoms with Crippen molar-refractivity contribution in [2.24, 2.45) is 0 Å². The number of hydrogen-bond donors (Lipinski definition) is 1. The number of benzene rings is 2. The molecule has 0 aliphatic rings. The summed E-state index contributed by atoms with van der Waals surface area (Å²) < 4.78 is 19.8. The van der Waals surface area contributed by atoms with Crippen LogP contribution in [0.3, 0.4) is 0 Å². The van der Waals surface area contributed by atoms with Gasteiger partial charge >= 0.3 is 0 Å². The van der Waals surface area contributed by atoms with Gasteiger partial charge in [-0.3, -0.25) is 0 Å². The molecule has 112 valence electrons. The molecule has 0 amide bonds. The number of halogens is 1. The summed E-state index contributed by atoms with van der Waals surface area (Å²) in [6.07, 6.45) is 1.07. The lowest BCUT2D eigenvalue weighted by atomic mass is 10.1. The molecule has 1 N–H and O–H groups in total. The van der Waals surface area contributed by atoms with Gasteiger partial charge in [-0.05, 0) is 61.7 Å². The fourth-order valence-electron chi connectivity index (χ4n) is 2.10. The Labute approximate surface area is 126 Å². The monoisotopic (exact) mass is 287 g/mol. The first kappa shape index (κ1) is 15.5. The molecule has 0 aromatic heterocycles. The van der Waals surface area contributed by atoms with Crippen LogP contribution in [0.25, 0.3) is 0 Å². The summed E-state index contributed by atoms with van der Waals surface area (Å²) in [5.74, 6) is 0.639. The minimum absolute atomic E-state index is 0.267. The van der Waals surface area contributed by atoms with E-state index in [4.69, 9.17) is 4.74 Å². The molecular weight excluding hydrogens is 265 g/mol. The molecule has 0 radical (unpaired) electrons. The van der Waals surface area contributed by atoms with Gasteiger partial charge in [-0.25, -0.2) is 4.39 Å². The van der Waals surface area contributed by atoms with Gasteiger partial charge in [-0.2, -0.15) is 0 Å². The third kappa shape index (κ3) is 4.05. The van der Waals surface area contributed by atoms with Crippen LogP contribution in [0.5, 0.6) is 11.5 Å². The molecule has 0 heterocycles. The van der Waals surface area contributed by atoms with Gasteiger partial charge in [-0.1, -0.05) is 25.1 Å². The van der Waals surface area contributed by atoms with E-state index in [1.807, 2.05) is 38.1 Å². The van der Waals surface area contributed by atoms with E-state index >= 15 is 0 Å². The van der Waals surface area contributed by atoms with Crippen LogP contribution in [-0.4, -0.2) is 6.54 Å². The molecule has 0 atom stereocenters. The number of nitrogens with one attached hydrogen (secondary N) is 1. The van der Waals surface area contributed by atoms with Crippen molar-refractivity contribution in [3.8, 4) is 11.5 Å². The minimum atomic E-state index is -0.327. The molecule has 2 aromatic carbocycles. The second kappa shape index (κ2) is 7.23. The predicted octanol–water partition coefficient (Wildman–Crippen LogP) is 4.73. The van der Waals surface area contributed by atoms with E-state index in [0.717, 1.165) is 29.7 Å². The SMILES string of the molecule is CCCNCc1ccc(Oc2cccc(C)c2C)c(F)c1. The number of rotatable bonds is 6. The highest BCUT2D eigenvalue weighted by Crippen LogP contribution is 2.29. The van der Waals surface area contributed by atoms with Crippen molar-refractivity contribution in [3.05, 3.63) is 58.9 Å². The van der Waals surface area contributed by atoms with Gasteiger partial charge in [-0.15, -0.1) is 0 Å². The molecule has 2 aromatic rings. The second-order valence-electron chi connectivity index (χ2n) is 5.24. The molecule has 0 unspecified atom stereocenters. The molecule has 21 heavy (non-hydrogen) atoms. The van der Waals surface area contributed by atoms with Crippen LogP contribution < -0.4 is 10.1 Å². The number of aryl methyl sites for hydroxylation is 1. The summed E-state index contributed by atoms with van der Waals surface area (Å²) in [5.41, 5.74) is 3.09. The van der Waals surface area contributed by atoms with Gasteiger partial charge in [0.2, 0.25) is 0 Å². The Hall–Kier alpha value is -1.87. The lowest BCUT2D eigenvalue weighted by molar-refractivity contribution is 0.438. The van der Waals surface area contributed by atoms with Crippen LogP contribution in [0.15, 0.2) is 36.4 Å². The molecule has 0 saturated carbocycles. The molecule has 3 heteroatoms. The summed E-state index contributed by atoms with van der Waals surface area (Å²) in [5, 5.41) is 3.26. The maximum atomic E-state index is 14.1. The Morgan fingerprint density at radius 1 is 1.10 bits per heavy atom. The standard InChI is InChI=1S/C18H22FNO/c1-4-10-20-12-15-8-9-18(16(19)11-15)21-17-7-5-6-13(2)14(17)3/h5-9,11,20H,4,10,12H2,1-3H3. The smallest absolute Gasteiger partial charge is 0.166 e. The summed E-state index contributed by atoms with van der Waals surface area (Å²) in [6.45, 7) is 7.71. The Kier molecular flexibility index (Phi) is 5.34. The molecule has 0 aliphatic carbocycles. The molecule has 2 rings (SSSR count). The van der Waals surface area contributed by atoms with Crippen LogP contribution in [0.4, 0.5) is 4.39 Å². The first-order valence-electron chi connectivity index (χ1n) is 7.35. The topological polar surface area (TPSA) is 21.3 Å². The summed E-state index contributed by atoms with van der Waals surface area (Å²) in [4.78, 5) is 0. The van der Waals surface area contributed by atoms with Crippen LogP contribution in [0.2, 0.25) is 0 Å². The Morgan fingerprint density at radius 3 is 2.62 bits per heavy atom. The Balaban J connectivity index is 2.12. The lowest BCUT2D eigenvalue weighted by Crippen LogP contribution is -2.13. The first-order chi connectivity index (χ1) is 10.1. The summed E-state index contributed by atoms with van der Waals surface area (Å²) >= 11 is 0. The normalized spacial score (nSPS) is 10.7. The van der Waals surface area contributed by atoms with Crippen molar-refractivity contribution in [3.63, 3.8) is 0 Å². The zero-order valence-corrected chi connectivity index (χ0v) is 12.9. The largest absolute Gasteiger partial charge is 0.454 e. The van der Waals surface area contributed by atoms with Crippen molar-refractivity contribution < 1.29 is 9.13 Å². The van der Waals surface area contributed by atoms with E-state index < -0.39 is 0 Å². The maximum Gasteiger partial charge on any atom is 0.166 e. The number of hydrogen-bond acceptors (Lipinski definition) is 2. The molecule has 0 bridgehead atoms. The van der Waals surface area contributed by atoms with Crippen molar-refractivity contribution >= 4 is 0 Å². The fourth-order valence-corrected chi connectivity index (χ4v) is 2.10. The van der Waals surface area contributed by atoms with Gasteiger partial charge in [0.25, 0.3) is 0 Å². The van der Waals surface area contributed by atoms with Crippen LogP contribution in [0.1, 0.15) is 30.0 Å². The molecule has 0 spiro atoms. The summed E-state index contributed by atoms with van der Waals surface area (Å²) in [6, 6.07) is 10.9. The van der Waals surface area contributed by atoms with E-state index in [9.17, 15) is 4.39 Å². The highest BCUT2D eigenvalue weighted by Gasteiger charge is 2.08. The van der Waals surface area contributed by atoms with Crippen molar-refractivity contribution in [1.29, 1.82) is 0 Å². The van der Waals surface area contributed by atoms with Crippen LogP contribution in [-0.2, 0) is 6.54 Å². The maximum absolute atomic E-state index is 14.1. The average Bonchev–Trinajstić information content (AvgIpc) is 2.47. The number of ether oxygens (including phenoxy) is 1. The van der Waals surface area contributed by atoms with Gasteiger partial charge in [0, 0.05) is 6.54 Å². The zero-order valence-electron chi connectivity index (χ0n) is 12.9. The van der Waals surface area contributed by atoms with Crippen molar-refractivity contribution in [2.45, 2.75) is 33.7 Å². The third-order valence-electron chi connectivity index (χ3n) is 3.53. The molecule has 0 saturated heterocycles. The zero-order chi connectivity index (χ0) is 15.2. The predicted molar refractivity (Wildman–Crippen MR) is 84.4 cm³/mol. The molecule has 0 aliphatic heterocycles. The highest BCUT2D eigenvalue weighted by molar-refractivity contribution is 5.42. The molecule has 2 nitrogen and oxygen atoms in total. The van der Waals surface area contributed by atoms with Gasteiger partial charge in [0.05, 0.1) is 0 Å². The van der Waals surface area contributed by atoms with E-state index in [1.54, 1.807) is 6.07 Å². The summed E-state index contributed by atoms with van der Waals surface area (Å²) in [7, 11) is 0. The molecule has 0 fully saturated rings. The fraction of sp³-hybridized carbons (Fsp3) is 0.333. The lowest BCUT2D eigenvalue weighted by Gasteiger charge is -2.12. The van der Waals surface area contributed by atoms with Crippen molar-refractivity contribution in [1.82, 2.24) is 5.32 Å². The van der Waals surface area contributed by atoms with Crippen LogP contribution >= 0.6 is 0 Å². The highest BCUT2D eigenvalue weighted by atomic mass is 19.1. The van der Waals surface area contributed by atoms with Gasteiger partial charge in [0.1, 0.15) is 5.75 Å². The van der Waals surface area contributed by atoms with Crippen LogP contribution in [0, 0.1) is 19.7 Å². The average molecular weight is 287 g/mol. The second-order valence-corrected chi connectivity index (χ2v) is 5.24. The van der Waals surface area contributed by atoms with E-state index in [0.29, 0.717) is 12.3 Å². The van der Waals surface area contributed by atoms with Crippen molar-refractivity contribution in [2.75, 3.05) is 6.54 Å². The van der Waals surface area contributed by atoms with Gasteiger partial charge in [0.15, 0.2) is 11.6 Å². The third-order valence-corrected chi connectivity index (χ3v) is 3.53.